The molecule has 8 heteroatoms. The van der Waals surface area contributed by atoms with Crippen molar-refractivity contribution < 1.29 is 18.0 Å². The molecule has 2 aliphatic heterocycles. The van der Waals surface area contributed by atoms with E-state index in [0.717, 1.165) is 28.4 Å². The number of amides is 2. The molecule has 1 saturated heterocycles. The number of rotatable bonds is 2. The summed E-state index contributed by atoms with van der Waals surface area (Å²) in [4.78, 5) is 26.7. The van der Waals surface area contributed by atoms with Gasteiger partial charge in [-0.1, -0.05) is 29.8 Å². The molecule has 140 valence electrons. The smallest absolute Gasteiger partial charge is 0.259 e. The fourth-order valence-corrected chi connectivity index (χ4v) is 5.27. The third kappa shape index (κ3) is 3.11. The summed E-state index contributed by atoms with van der Waals surface area (Å²) in [5.41, 5.74) is 2.42. The zero-order valence-electron chi connectivity index (χ0n) is 14.4. The van der Waals surface area contributed by atoms with Crippen LogP contribution in [-0.2, 0) is 21.2 Å². The molecule has 4 rings (SSSR count). The second-order valence-electron chi connectivity index (χ2n) is 6.58. The third-order valence-electron chi connectivity index (χ3n) is 4.85. The summed E-state index contributed by atoms with van der Waals surface area (Å²) in [5.74, 6) is -0.946. The van der Waals surface area contributed by atoms with Crippen molar-refractivity contribution in [2.24, 2.45) is 0 Å². The van der Waals surface area contributed by atoms with Crippen LogP contribution in [0.2, 0.25) is 5.02 Å². The summed E-state index contributed by atoms with van der Waals surface area (Å²) >= 11 is 6.31. The highest BCUT2D eigenvalue weighted by Gasteiger charge is 2.36. The molecule has 2 aromatic carbocycles. The highest BCUT2D eigenvalue weighted by molar-refractivity contribution is 7.94. The zero-order valence-corrected chi connectivity index (χ0v) is 16.0. The summed E-state index contributed by atoms with van der Waals surface area (Å²) in [5, 5.41) is 0.121. The van der Waals surface area contributed by atoms with Gasteiger partial charge in [-0.2, -0.15) is 0 Å². The Morgan fingerprint density at radius 1 is 1.07 bits per heavy atom. The Balaban J connectivity index is 1.68. The van der Waals surface area contributed by atoms with Gasteiger partial charge >= 0.3 is 0 Å². The van der Waals surface area contributed by atoms with Gasteiger partial charge in [-0.05, 0) is 42.7 Å². The summed E-state index contributed by atoms with van der Waals surface area (Å²) in [6.07, 6.45) is 1.73. The number of sulfonamides is 1. The van der Waals surface area contributed by atoms with E-state index in [4.69, 9.17) is 11.6 Å². The van der Waals surface area contributed by atoms with Crippen LogP contribution in [0, 0.1) is 0 Å². The number of para-hydroxylation sites is 1. The van der Waals surface area contributed by atoms with Crippen LogP contribution in [0.25, 0.3) is 0 Å². The molecule has 0 N–H and O–H groups in total. The highest BCUT2D eigenvalue weighted by atomic mass is 35.5. The third-order valence-corrected chi connectivity index (χ3v) is 6.86. The normalized spacial score (nSPS) is 18.5. The first-order valence-electron chi connectivity index (χ1n) is 8.63. The van der Waals surface area contributed by atoms with E-state index in [9.17, 15) is 18.0 Å². The van der Waals surface area contributed by atoms with Crippen LogP contribution in [0.3, 0.4) is 0 Å². The monoisotopic (exact) mass is 404 g/mol. The van der Waals surface area contributed by atoms with Gasteiger partial charge in [0.1, 0.15) is 0 Å². The quantitative estimate of drug-likeness (QED) is 0.771. The number of nitrogens with zero attached hydrogens (tertiary/aromatic N) is 2. The summed E-state index contributed by atoms with van der Waals surface area (Å²) in [7, 11) is -3.67. The fraction of sp³-hybridized carbons (Fsp3) is 0.263. The average molecular weight is 405 g/mol. The van der Waals surface area contributed by atoms with Crippen LogP contribution in [0.5, 0.6) is 0 Å². The minimum atomic E-state index is -3.67. The van der Waals surface area contributed by atoms with E-state index < -0.39 is 15.9 Å². The van der Waals surface area contributed by atoms with Crippen molar-refractivity contribution in [1.82, 2.24) is 0 Å². The number of benzene rings is 2. The average Bonchev–Trinajstić information content (AvgIpc) is 2.93. The molecule has 2 aliphatic rings. The largest absolute Gasteiger partial charge is 0.308 e. The van der Waals surface area contributed by atoms with E-state index >= 15 is 0 Å². The summed E-state index contributed by atoms with van der Waals surface area (Å²) < 4.78 is 24.9. The van der Waals surface area contributed by atoms with Crippen molar-refractivity contribution in [2.75, 3.05) is 21.5 Å². The van der Waals surface area contributed by atoms with E-state index in [-0.39, 0.29) is 34.4 Å². The molecule has 0 aliphatic carbocycles. The van der Waals surface area contributed by atoms with Crippen molar-refractivity contribution in [1.29, 1.82) is 0 Å². The lowest BCUT2D eigenvalue weighted by Gasteiger charge is -2.30. The van der Waals surface area contributed by atoms with Crippen LogP contribution in [0.15, 0.2) is 42.5 Å². The molecular weight excluding hydrogens is 388 g/mol. The standard InChI is InChI=1S/C19H17ClN2O4S/c20-16-12-14(22-18(23)9-11-27(22,25)26)7-8-15(16)19(24)21-10-3-5-13-4-1-2-6-17(13)21/h1-2,4,6-8,12H,3,5,9-11H2. The lowest BCUT2D eigenvalue weighted by atomic mass is 10.0. The molecule has 2 amide bonds. The van der Waals surface area contributed by atoms with Gasteiger partial charge in [-0.25, -0.2) is 12.7 Å². The minimum Gasteiger partial charge on any atom is -0.308 e. The number of anilines is 2. The first-order chi connectivity index (χ1) is 12.9. The summed E-state index contributed by atoms with van der Waals surface area (Å²) in [6, 6.07) is 12.0. The maximum absolute atomic E-state index is 13.1. The van der Waals surface area contributed by atoms with Crippen LogP contribution in [0.4, 0.5) is 11.4 Å². The zero-order chi connectivity index (χ0) is 19.2. The van der Waals surface area contributed by atoms with Crippen LogP contribution in [-0.4, -0.2) is 32.5 Å². The van der Waals surface area contributed by atoms with Crippen molar-refractivity contribution in [3.05, 3.63) is 58.6 Å². The molecule has 0 saturated carbocycles. The maximum Gasteiger partial charge on any atom is 0.259 e. The second-order valence-corrected chi connectivity index (χ2v) is 8.92. The maximum atomic E-state index is 13.1. The number of hydrogen-bond donors (Lipinski definition) is 0. The lowest BCUT2D eigenvalue weighted by molar-refractivity contribution is -0.116. The predicted molar refractivity (Wildman–Crippen MR) is 104 cm³/mol. The van der Waals surface area contributed by atoms with Crippen LogP contribution in [0.1, 0.15) is 28.8 Å². The molecule has 0 bridgehead atoms. The second kappa shape index (κ2) is 6.65. The molecule has 0 atom stereocenters. The summed E-state index contributed by atoms with van der Waals surface area (Å²) in [6.45, 7) is 0.590. The number of fused-ring (bicyclic) bond motifs is 1. The molecular formula is C19H17ClN2O4S. The molecule has 2 heterocycles. The van der Waals surface area contributed by atoms with E-state index in [1.54, 1.807) is 4.90 Å². The van der Waals surface area contributed by atoms with Gasteiger partial charge in [0.25, 0.3) is 5.91 Å². The minimum absolute atomic E-state index is 0.0504. The van der Waals surface area contributed by atoms with Gasteiger partial charge in [0.05, 0.1) is 22.0 Å². The first-order valence-corrected chi connectivity index (χ1v) is 10.6. The van der Waals surface area contributed by atoms with Crippen LogP contribution < -0.4 is 9.21 Å². The van der Waals surface area contributed by atoms with E-state index in [1.807, 2.05) is 24.3 Å². The van der Waals surface area contributed by atoms with E-state index in [2.05, 4.69) is 0 Å². The lowest BCUT2D eigenvalue weighted by Crippen LogP contribution is -2.35. The van der Waals surface area contributed by atoms with Gasteiger partial charge in [0.15, 0.2) is 0 Å². The number of aryl methyl sites for hydroxylation is 1. The Morgan fingerprint density at radius 3 is 2.56 bits per heavy atom. The van der Waals surface area contributed by atoms with E-state index in [1.165, 1.54) is 18.2 Å². The SMILES string of the molecule is O=C(c1ccc(N2C(=O)CCS2(=O)=O)cc1Cl)N1CCCc2ccccc21. The Kier molecular flexibility index (Phi) is 4.44. The number of hydrogen-bond acceptors (Lipinski definition) is 4. The predicted octanol–water partition coefficient (Wildman–Crippen LogP) is 3.00. The molecule has 6 nitrogen and oxygen atoms in total. The molecule has 27 heavy (non-hydrogen) atoms. The fourth-order valence-electron chi connectivity index (χ4n) is 3.56. The van der Waals surface area contributed by atoms with Crippen molar-refractivity contribution in [2.45, 2.75) is 19.3 Å². The van der Waals surface area contributed by atoms with Crippen molar-refractivity contribution >= 4 is 44.8 Å². The molecule has 0 aromatic heterocycles. The molecule has 0 spiro atoms. The van der Waals surface area contributed by atoms with Gasteiger partial charge in [-0.15, -0.1) is 0 Å². The first kappa shape index (κ1) is 18.0. The number of carbonyl (C=O) groups excluding carboxylic acids is 2. The molecule has 2 aromatic rings. The Labute approximate surface area is 162 Å². The van der Waals surface area contributed by atoms with E-state index in [0.29, 0.717) is 6.54 Å². The van der Waals surface area contributed by atoms with Crippen LogP contribution >= 0.6 is 11.6 Å². The number of halogens is 1. The van der Waals surface area contributed by atoms with Gasteiger partial charge in [-0.3, -0.25) is 9.59 Å². The Bertz CT molecular complexity index is 1050. The van der Waals surface area contributed by atoms with Crippen molar-refractivity contribution in [3.8, 4) is 0 Å². The highest BCUT2D eigenvalue weighted by Crippen LogP contribution is 2.32. The number of carbonyl (C=O) groups is 2. The van der Waals surface area contributed by atoms with Gasteiger partial charge in [0.2, 0.25) is 15.9 Å². The topological polar surface area (TPSA) is 74.8 Å². The molecule has 0 radical (unpaired) electrons. The van der Waals surface area contributed by atoms with Gasteiger partial charge in [0, 0.05) is 18.7 Å². The molecule has 1 fully saturated rings. The Hall–Kier alpha value is -2.38. The molecule has 0 unspecified atom stereocenters. The Morgan fingerprint density at radius 2 is 1.85 bits per heavy atom. The van der Waals surface area contributed by atoms with Crippen molar-refractivity contribution in [3.63, 3.8) is 0 Å². The van der Waals surface area contributed by atoms with Gasteiger partial charge < -0.3 is 4.90 Å².